The van der Waals surface area contributed by atoms with Crippen LogP contribution in [0, 0.1) is 6.92 Å². The van der Waals surface area contributed by atoms with Gasteiger partial charge in [-0.2, -0.15) is 0 Å². The maximum absolute atomic E-state index is 5.88. The molecule has 2 aliphatic rings. The van der Waals surface area contributed by atoms with Crippen molar-refractivity contribution >= 4 is 5.95 Å². The SMILES string of the molecule is Cc1cc(-c2cnc(N3CCCCC3)nc2C2CCCO2)on1. The molecule has 0 spiro atoms. The number of hydrogen-bond donors (Lipinski definition) is 0. The van der Waals surface area contributed by atoms with E-state index in [-0.39, 0.29) is 6.10 Å². The zero-order chi connectivity index (χ0) is 15.6. The Bertz CT molecular complexity index is 673. The Hall–Kier alpha value is -1.95. The Morgan fingerprint density at radius 1 is 1.17 bits per heavy atom. The summed E-state index contributed by atoms with van der Waals surface area (Å²) in [5.41, 5.74) is 2.70. The number of aromatic nitrogens is 3. The van der Waals surface area contributed by atoms with Crippen molar-refractivity contribution in [3.8, 4) is 11.3 Å². The molecule has 2 aliphatic heterocycles. The monoisotopic (exact) mass is 314 g/mol. The third kappa shape index (κ3) is 2.95. The fourth-order valence-electron chi connectivity index (χ4n) is 3.35. The van der Waals surface area contributed by atoms with Crippen LogP contribution >= 0.6 is 0 Å². The molecular formula is C17H22N4O2. The van der Waals surface area contributed by atoms with E-state index in [0.29, 0.717) is 0 Å². The molecule has 2 fully saturated rings. The molecule has 2 saturated heterocycles. The van der Waals surface area contributed by atoms with Gasteiger partial charge >= 0.3 is 0 Å². The highest BCUT2D eigenvalue weighted by atomic mass is 16.5. The second-order valence-electron chi connectivity index (χ2n) is 6.35. The van der Waals surface area contributed by atoms with Crippen LogP contribution < -0.4 is 4.90 Å². The Labute approximate surface area is 135 Å². The normalized spacial score (nSPS) is 21.8. The first-order chi connectivity index (χ1) is 11.3. The average Bonchev–Trinajstić information content (AvgIpc) is 3.27. The standard InChI is InChI=1S/C17H22N4O2/c1-12-10-15(23-20-12)13-11-18-17(21-7-3-2-4-8-21)19-16(13)14-6-5-9-22-14/h10-11,14H,2-9H2,1H3. The van der Waals surface area contributed by atoms with Gasteiger partial charge < -0.3 is 14.2 Å². The lowest BCUT2D eigenvalue weighted by Crippen LogP contribution is -2.31. The number of ether oxygens (including phenoxy) is 1. The molecule has 0 bridgehead atoms. The van der Waals surface area contributed by atoms with E-state index in [2.05, 4.69) is 15.0 Å². The van der Waals surface area contributed by atoms with Gasteiger partial charge in [0.25, 0.3) is 0 Å². The van der Waals surface area contributed by atoms with Gasteiger partial charge in [-0.15, -0.1) is 0 Å². The van der Waals surface area contributed by atoms with Crippen LogP contribution in [-0.2, 0) is 4.74 Å². The quantitative estimate of drug-likeness (QED) is 0.866. The van der Waals surface area contributed by atoms with Crippen LogP contribution in [0.2, 0.25) is 0 Å². The Kier molecular flexibility index (Phi) is 3.99. The molecule has 0 aromatic carbocycles. The molecule has 6 heteroatoms. The first-order valence-corrected chi connectivity index (χ1v) is 8.48. The summed E-state index contributed by atoms with van der Waals surface area (Å²) in [6.45, 7) is 4.78. The lowest BCUT2D eigenvalue weighted by Gasteiger charge is -2.27. The van der Waals surface area contributed by atoms with Crippen LogP contribution in [0.3, 0.4) is 0 Å². The van der Waals surface area contributed by atoms with Crippen molar-refractivity contribution in [3.05, 3.63) is 23.7 Å². The summed E-state index contributed by atoms with van der Waals surface area (Å²) in [5.74, 6) is 1.54. The molecule has 0 aliphatic carbocycles. The first kappa shape index (κ1) is 14.6. The lowest BCUT2D eigenvalue weighted by molar-refractivity contribution is 0.109. The van der Waals surface area contributed by atoms with Crippen molar-refractivity contribution in [3.63, 3.8) is 0 Å². The second kappa shape index (κ2) is 6.28. The van der Waals surface area contributed by atoms with E-state index in [1.54, 1.807) is 0 Å². The van der Waals surface area contributed by atoms with E-state index in [9.17, 15) is 0 Å². The molecule has 122 valence electrons. The third-order valence-electron chi connectivity index (χ3n) is 4.57. The molecule has 4 heterocycles. The van der Waals surface area contributed by atoms with E-state index in [1.165, 1.54) is 19.3 Å². The third-order valence-corrected chi connectivity index (χ3v) is 4.57. The van der Waals surface area contributed by atoms with E-state index in [4.69, 9.17) is 14.2 Å². The Balaban J connectivity index is 1.73. The van der Waals surface area contributed by atoms with Crippen LogP contribution in [0.4, 0.5) is 5.95 Å². The highest BCUT2D eigenvalue weighted by molar-refractivity contribution is 5.61. The Morgan fingerprint density at radius 3 is 2.74 bits per heavy atom. The van der Waals surface area contributed by atoms with Gasteiger partial charge in [-0.05, 0) is 39.0 Å². The minimum atomic E-state index is 0.0296. The van der Waals surface area contributed by atoms with Crippen molar-refractivity contribution in [1.82, 2.24) is 15.1 Å². The number of aryl methyl sites for hydroxylation is 1. The fraction of sp³-hybridized carbons (Fsp3) is 0.588. The van der Waals surface area contributed by atoms with E-state index < -0.39 is 0 Å². The molecule has 1 atom stereocenters. The molecular weight excluding hydrogens is 292 g/mol. The van der Waals surface area contributed by atoms with Gasteiger partial charge in [-0.1, -0.05) is 5.16 Å². The summed E-state index contributed by atoms with van der Waals surface area (Å²) >= 11 is 0. The second-order valence-corrected chi connectivity index (χ2v) is 6.35. The average molecular weight is 314 g/mol. The summed E-state index contributed by atoms with van der Waals surface area (Å²) in [6, 6.07) is 1.93. The van der Waals surface area contributed by atoms with Crippen LogP contribution in [0.15, 0.2) is 16.8 Å². The van der Waals surface area contributed by atoms with E-state index >= 15 is 0 Å². The molecule has 0 N–H and O–H groups in total. The number of anilines is 1. The molecule has 2 aromatic rings. The highest BCUT2D eigenvalue weighted by Crippen LogP contribution is 2.35. The smallest absolute Gasteiger partial charge is 0.225 e. The summed E-state index contributed by atoms with van der Waals surface area (Å²) in [5, 5.41) is 3.99. The number of rotatable bonds is 3. The van der Waals surface area contributed by atoms with Gasteiger partial charge in [0.15, 0.2) is 5.76 Å². The highest BCUT2D eigenvalue weighted by Gasteiger charge is 2.26. The van der Waals surface area contributed by atoms with E-state index in [0.717, 1.165) is 61.2 Å². The maximum Gasteiger partial charge on any atom is 0.225 e. The molecule has 6 nitrogen and oxygen atoms in total. The van der Waals surface area contributed by atoms with Crippen LogP contribution in [0.25, 0.3) is 11.3 Å². The van der Waals surface area contributed by atoms with Crippen molar-refractivity contribution in [2.45, 2.75) is 45.1 Å². The number of hydrogen-bond acceptors (Lipinski definition) is 6. The lowest BCUT2D eigenvalue weighted by atomic mass is 10.1. The van der Waals surface area contributed by atoms with Crippen molar-refractivity contribution in [1.29, 1.82) is 0 Å². The predicted octanol–water partition coefficient (Wildman–Crippen LogP) is 3.28. The molecule has 0 radical (unpaired) electrons. The molecule has 2 aromatic heterocycles. The van der Waals surface area contributed by atoms with Gasteiger partial charge in [-0.3, -0.25) is 0 Å². The van der Waals surface area contributed by atoms with Crippen molar-refractivity contribution < 1.29 is 9.26 Å². The molecule has 1 unspecified atom stereocenters. The van der Waals surface area contributed by atoms with Crippen molar-refractivity contribution in [2.75, 3.05) is 24.6 Å². The van der Waals surface area contributed by atoms with Gasteiger partial charge in [0.05, 0.1) is 17.0 Å². The fourth-order valence-corrected chi connectivity index (χ4v) is 3.35. The summed E-state index contributed by atoms with van der Waals surface area (Å²) in [4.78, 5) is 11.7. The molecule has 23 heavy (non-hydrogen) atoms. The number of piperidine rings is 1. The largest absolute Gasteiger partial charge is 0.372 e. The summed E-state index contributed by atoms with van der Waals surface area (Å²) < 4.78 is 11.3. The van der Waals surface area contributed by atoms with Gasteiger partial charge in [0.2, 0.25) is 5.95 Å². The van der Waals surface area contributed by atoms with Crippen molar-refractivity contribution in [2.24, 2.45) is 0 Å². The minimum Gasteiger partial charge on any atom is -0.372 e. The molecule has 0 amide bonds. The van der Waals surface area contributed by atoms with E-state index in [1.807, 2.05) is 19.2 Å². The van der Waals surface area contributed by atoms with Crippen LogP contribution in [0.1, 0.15) is 49.6 Å². The number of nitrogens with zero attached hydrogens (tertiary/aromatic N) is 4. The molecule has 4 rings (SSSR count). The minimum absolute atomic E-state index is 0.0296. The molecule has 0 saturated carbocycles. The Morgan fingerprint density at radius 2 is 2.04 bits per heavy atom. The van der Waals surface area contributed by atoms with Gasteiger partial charge in [-0.25, -0.2) is 9.97 Å². The summed E-state index contributed by atoms with van der Waals surface area (Å²) in [6.07, 6.45) is 7.68. The van der Waals surface area contributed by atoms with Crippen LogP contribution in [-0.4, -0.2) is 34.8 Å². The predicted molar refractivity (Wildman–Crippen MR) is 86.3 cm³/mol. The van der Waals surface area contributed by atoms with Gasteiger partial charge in [0.1, 0.15) is 6.10 Å². The van der Waals surface area contributed by atoms with Gasteiger partial charge in [0, 0.05) is 32.0 Å². The topological polar surface area (TPSA) is 64.3 Å². The zero-order valence-corrected chi connectivity index (χ0v) is 13.5. The zero-order valence-electron chi connectivity index (χ0n) is 13.5. The maximum atomic E-state index is 5.88. The summed E-state index contributed by atoms with van der Waals surface area (Å²) in [7, 11) is 0. The first-order valence-electron chi connectivity index (χ1n) is 8.48. The van der Waals surface area contributed by atoms with Crippen LogP contribution in [0.5, 0.6) is 0 Å².